The Kier molecular flexibility index (Phi) is 5.04. The molecule has 0 spiro atoms. The lowest BCUT2D eigenvalue weighted by Crippen LogP contribution is -2.34. The van der Waals surface area contributed by atoms with Crippen LogP contribution in [0.25, 0.3) is 0 Å². The normalized spacial score (nSPS) is 17.1. The standard InChI is InChI=1S/C13H22BrN3/c1-2-17-11-12(9-15-17)10-16(8-7-14)13-5-3-4-6-13/h9,11,13H,2-8,10H2,1H3. The zero-order chi connectivity index (χ0) is 12.1. The van der Waals surface area contributed by atoms with Gasteiger partial charge in [0, 0.05) is 42.8 Å². The van der Waals surface area contributed by atoms with Crippen LogP contribution in [0.2, 0.25) is 0 Å². The fraction of sp³-hybridized carbons (Fsp3) is 0.769. The molecule has 0 unspecified atom stereocenters. The van der Waals surface area contributed by atoms with Crippen LogP contribution < -0.4 is 0 Å². The maximum absolute atomic E-state index is 4.35. The van der Waals surface area contributed by atoms with Gasteiger partial charge in [-0.15, -0.1) is 0 Å². The Morgan fingerprint density at radius 2 is 2.24 bits per heavy atom. The Balaban J connectivity index is 1.96. The second-order valence-corrected chi connectivity index (χ2v) is 5.60. The van der Waals surface area contributed by atoms with Gasteiger partial charge in [-0.2, -0.15) is 5.10 Å². The molecule has 0 saturated heterocycles. The molecule has 0 atom stereocenters. The highest BCUT2D eigenvalue weighted by Gasteiger charge is 2.22. The predicted molar refractivity (Wildman–Crippen MR) is 74.4 cm³/mol. The molecule has 0 N–H and O–H groups in total. The molecular weight excluding hydrogens is 278 g/mol. The van der Waals surface area contributed by atoms with Crippen molar-refractivity contribution >= 4 is 15.9 Å². The van der Waals surface area contributed by atoms with Crippen molar-refractivity contribution in [3.63, 3.8) is 0 Å². The first-order valence-electron chi connectivity index (χ1n) is 6.65. The minimum atomic E-state index is 0.789. The van der Waals surface area contributed by atoms with E-state index >= 15 is 0 Å². The van der Waals surface area contributed by atoms with E-state index in [0.29, 0.717) is 0 Å². The van der Waals surface area contributed by atoms with E-state index in [1.165, 1.54) is 31.2 Å². The van der Waals surface area contributed by atoms with Crippen LogP contribution in [0, 0.1) is 0 Å². The Hall–Kier alpha value is -0.350. The average molecular weight is 300 g/mol. The van der Waals surface area contributed by atoms with Gasteiger partial charge >= 0.3 is 0 Å². The van der Waals surface area contributed by atoms with Gasteiger partial charge in [-0.3, -0.25) is 9.58 Å². The highest BCUT2D eigenvalue weighted by Crippen LogP contribution is 2.24. The van der Waals surface area contributed by atoms with E-state index in [4.69, 9.17) is 0 Å². The van der Waals surface area contributed by atoms with Crippen LogP contribution in [0.15, 0.2) is 12.4 Å². The van der Waals surface area contributed by atoms with Gasteiger partial charge in [0.1, 0.15) is 0 Å². The third-order valence-electron chi connectivity index (χ3n) is 3.61. The van der Waals surface area contributed by atoms with E-state index in [-0.39, 0.29) is 0 Å². The quantitative estimate of drug-likeness (QED) is 0.753. The Morgan fingerprint density at radius 3 is 2.82 bits per heavy atom. The lowest BCUT2D eigenvalue weighted by atomic mass is 10.2. The number of hydrogen-bond donors (Lipinski definition) is 0. The lowest BCUT2D eigenvalue weighted by molar-refractivity contribution is 0.202. The maximum Gasteiger partial charge on any atom is 0.0534 e. The van der Waals surface area contributed by atoms with Crippen LogP contribution in [0.4, 0.5) is 0 Å². The van der Waals surface area contributed by atoms with Crippen molar-refractivity contribution in [3.05, 3.63) is 18.0 Å². The summed E-state index contributed by atoms with van der Waals surface area (Å²) < 4.78 is 2.01. The van der Waals surface area contributed by atoms with Gasteiger partial charge in [0.25, 0.3) is 0 Å². The van der Waals surface area contributed by atoms with Crippen molar-refractivity contribution in [1.82, 2.24) is 14.7 Å². The van der Waals surface area contributed by atoms with Gasteiger partial charge in [0.05, 0.1) is 6.20 Å². The number of hydrogen-bond acceptors (Lipinski definition) is 2. The van der Waals surface area contributed by atoms with E-state index < -0.39 is 0 Å². The van der Waals surface area contributed by atoms with Gasteiger partial charge in [-0.05, 0) is 19.8 Å². The van der Waals surface area contributed by atoms with Crippen LogP contribution in [-0.2, 0) is 13.1 Å². The fourth-order valence-electron chi connectivity index (χ4n) is 2.66. The largest absolute Gasteiger partial charge is 0.295 e. The van der Waals surface area contributed by atoms with Crippen LogP contribution in [0.5, 0.6) is 0 Å². The topological polar surface area (TPSA) is 21.1 Å². The van der Waals surface area contributed by atoms with Crippen molar-refractivity contribution in [1.29, 1.82) is 0 Å². The summed E-state index contributed by atoms with van der Waals surface area (Å²) in [4.78, 5) is 2.61. The molecule has 1 aliphatic carbocycles. The minimum Gasteiger partial charge on any atom is -0.295 e. The van der Waals surface area contributed by atoms with Gasteiger partial charge in [0.2, 0.25) is 0 Å². The van der Waals surface area contributed by atoms with E-state index in [1.54, 1.807) is 0 Å². The van der Waals surface area contributed by atoms with Crippen molar-refractivity contribution < 1.29 is 0 Å². The lowest BCUT2D eigenvalue weighted by Gasteiger charge is -2.27. The van der Waals surface area contributed by atoms with Gasteiger partial charge in [-0.25, -0.2) is 0 Å². The molecular formula is C13H22BrN3. The maximum atomic E-state index is 4.35. The molecule has 1 aromatic heterocycles. The van der Waals surface area contributed by atoms with Gasteiger partial charge in [0.15, 0.2) is 0 Å². The highest BCUT2D eigenvalue weighted by molar-refractivity contribution is 9.09. The summed E-state index contributed by atoms with van der Waals surface area (Å²) in [5.41, 5.74) is 1.35. The molecule has 96 valence electrons. The summed E-state index contributed by atoms with van der Waals surface area (Å²) in [6, 6.07) is 0.789. The molecule has 0 amide bonds. The van der Waals surface area contributed by atoms with Gasteiger partial charge < -0.3 is 0 Å². The second-order valence-electron chi connectivity index (χ2n) is 4.80. The molecule has 1 fully saturated rings. The minimum absolute atomic E-state index is 0.789. The van der Waals surface area contributed by atoms with E-state index in [9.17, 15) is 0 Å². The summed E-state index contributed by atoms with van der Waals surface area (Å²) in [7, 11) is 0. The van der Waals surface area contributed by atoms with Crippen LogP contribution >= 0.6 is 15.9 Å². The first-order valence-corrected chi connectivity index (χ1v) is 7.77. The van der Waals surface area contributed by atoms with Crippen LogP contribution in [0.3, 0.4) is 0 Å². The van der Waals surface area contributed by atoms with Gasteiger partial charge in [-0.1, -0.05) is 28.8 Å². The number of aryl methyl sites for hydroxylation is 1. The summed E-state index contributed by atoms with van der Waals surface area (Å²) in [5, 5.41) is 5.41. The second kappa shape index (κ2) is 6.55. The number of aromatic nitrogens is 2. The van der Waals surface area contributed by atoms with Crippen LogP contribution in [0.1, 0.15) is 38.2 Å². The van der Waals surface area contributed by atoms with E-state index in [1.807, 2.05) is 10.9 Å². The first-order chi connectivity index (χ1) is 8.33. The number of alkyl halides is 1. The zero-order valence-corrected chi connectivity index (χ0v) is 12.2. The third-order valence-corrected chi connectivity index (χ3v) is 3.96. The molecule has 1 saturated carbocycles. The highest BCUT2D eigenvalue weighted by atomic mass is 79.9. The van der Waals surface area contributed by atoms with Crippen molar-refractivity contribution in [2.75, 3.05) is 11.9 Å². The predicted octanol–water partition coefficient (Wildman–Crippen LogP) is 3.04. The molecule has 2 rings (SSSR count). The van der Waals surface area contributed by atoms with Crippen molar-refractivity contribution in [2.45, 2.75) is 51.7 Å². The molecule has 1 heterocycles. The summed E-state index contributed by atoms with van der Waals surface area (Å²) in [6.07, 6.45) is 9.73. The summed E-state index contributed by atoms with van der Waals surface area (Å²) in [6.45, 7) is 5.28. The molecule has 0 radical (unpaired) electrons. The summed E-state index contributed by atoms with van der Waals surface area (Å²) in [5.74, 6) is 0. The average Bonchev–Trinajstić information content (AvgIpc) is 2.99. The zero-order valence-electron chi connectivity index (χ0n) is 10.6. The number of rotatable bonds is 6. The number of halogens is 1. The third kappa shape index (κ3) is 3.55. The van der Waals surface area contributed by atoms with E-state index in [0.717, 1.165) is 31.0 Å². The number of nitrogens with zero attached hydrogens (tertiary/aromatic N) is 3. The van der Waals surface area contributed by atoms with Crippen molar-refractivity contribution in [3.8, 4) is 0 Å². The first kappa shape index (κ1) is 13.1. The Labute approximate surface area is 112 Å². The van der Waals surface area contributed by atoms with E-state index in [2.05, 4.69) is 39.0 Å². The molecule has 0 aliphatic heterocycles. The Bertz CT molecular complexity index is 331. The molecule has 1 aromatic rings. The molecule has 0 bridgehead atoms. The molecule has 17 heavy (non-hydrogen) atoms. The summed E-state index contributed by atoms with van der Waals surface area (Å²) >= 11 is 3.57. The fourth-order valence-corrected chi connectivity index (χ4v) is 3.12. The van der Waals surface area contributed by atoms with Crippen molar-refractivity contribution in [2.24, 2.45) is 0 Å². The molecule has 0 aromatic carbocycles. The smallest absolute Gasteiger partial charge is 0.0534 e. The monoisotopic (exact) mass is 299 g/mol. The molecule has 4 heteroatoms. The Morgan fingerprint density at radius 1 is 1.47 bits per heavy atom. The van der Waals surface area contributed by atoms with Crippen LogP contribution in [-0.4, -0.2) is 32.6 Å². The molecule has 1 aliphatic rings. The SMILES string of the molecule is CCn1cc(CN(CCBr)C2CCCC2)cn1. The molecule has 3 nitrogen and oxygen atoms in total.